The molecule has 0 aliphatic rings. The van der Waals surface area contributed by atoms with Gasteiger partial charge < -0.3 is 13.9 Å². The summed E-state index contributed by atoms with van der Waals surface area (Å²) in [5.41, 5.74) is 1.02. The maximum Gasteiger partial charge on any atom is 0.338 e. The minimum absolute atomic E-state index is 0.343. The first kappa shape index (κ1) is 12.9. The van der Waals surface area contributed by atoms with Gasteiger partial charge >= 0.3 is 5.97 Å². The van der Waals surface area contributed by atoms with Crippen molar-refractivity contribution in [2.24, 2.45) is 0 Å². The molecule has 5 heteroatoms. The minimum atomic E-state index is -0.447. The van der Waals surface area contributed by atoms with Crippen molar-refractivity contribution in [1.29, 1.82) is 0 Å². The predicted octanol–water partition coefficient (Wildman–Crippen LogP) is 2.69. The van der Waals surface area contributed by atoms with Gasteiger partial charge in [0.1, 0.15) is 18.6 Å². The van der Waals surface area contributed by atoms with Crippen LogP contribution in [-0.4, -0.2) is 24.7 Å². The molecule has 0 N–H and O–H groups in total. The molecule has 0 spiro atoms. The van der Waals surface area contributed by atoms with Gasteiger partial charge in [-0.2, -0.15) is 0 Å². The van der Waals surface area contributed by atoms with Crippen LogP contribution in [0.4, 0.5) is 0 Å². The number of hydrogen-bond donors (Lipinski definition) is 0. The van der Waals surface area contributed by atoms with Crippen molar-refractivity contribution in [3.63, 3.8) is 0 Å². The first-order chi connectivity index (χ1) is 9.24. The van der Waals surface area contributed by atoms with Crippen LogP contribution < -0.4 is 4.74 Å². The van der Waals surface area contributed by atoms with E-state index in [2.05, 4.69) is 11.6 Å². The Morgan fingerprint density at radius 1 is 1.47 bits per heavy atom. The minimum Gasteiger partial charge on any atom is -0.490 e. The molecule has 0 saturated heterocycles. The van der Waals surface area contributed by atoms with Gasteiger partial charge in [0.05, 0.1) is 18.9 Å². The normalized spacial score (nSPS) is 9.95. The van der Waals surface area contributed by atoms with Crippen LogP contribution in [0.15, 0.2) is 47.7 Å². The van der Waals surface area contributed by atoms with Crippen LogP contribution in [0.25, 0.3) is 11.5 Å². The van der Waals surface area contributed by atoms with Crippen LogP contribution in [0, 0.1) is 0 Å². The Bertz CT molecular complexity index is 575. The third kappa shape index (κ3) is 3.01. The van der Waals surface area contributed by atoms with Crippen LogP contribution in [0.1, 0.15) is 10.4 Å². The topological polar surface area (TPSA) is 61.6 Å². The molecule has 1 aromatic heterocycles. The maximum atomic E-state index is 11.6. The Morgan fingerprint density at radius 2 is 2.32 bits per heavy atom. The Balaban J connectivity index is 2.42. The third-order valence-electron chi connectivity index (χ3n) is 2.37. The number of aromatic nitrogens is 1. The lowest BCUT2D eigenvalue weighted by Gasteiger charge is -2.07. The van der Waals surface area contributed by atoms with Crippen molar-refractivity contribution in [3.05, 3.63) is 48.9 Å². The first-order valence-electron chi connectivity index (χ1n) is 5.61. The summed E-state index contributed by atoms with van der Waals surface area (Å²) in [5, 5.41) is 0. The summed E-state index contributed by atoms with van der Waals surface area (Å²) < 4.78 is 15.3. The van der Waals surface area contributed by atoms with Gasteiger partial charge in [-0.15, -0.1) is 0 Å². The zero-order valence-electron chi connectivity index (χ0n) is 10.5. The zero-order chi connectivity index (χ0) is 13.7. The van der Waals surface area contributed by atoms with Crippen LogP contribution in [-0.2, 0) is 4.74 Å². The molecule has 0 unspecified atom stereocenters. The molecular weight excluding hydrogens is 246 g/mol. The quantitative estimate of drug-likeness (QED) is 0.610. The van der Waals surface area contributed by atoms with E-state index in [1.165, 1.54) is 19.6 Å². The molecular formula is C14H13NO4. The van der Waals surface area contributed by atoms with Gasteiger partial charge in [-0.05, 0) is 18.2 Å². The highest BCUT2D eigenvalue weighted by molar-refractivity contribution is 5.91. The highest BCUT2D eigenvalue weighted by atomic mass is 16.5. The zero-order valence-corrected chi connectivity index (χ0v) is 10.5. The van der Waals surface area contributed by atoms with Gasteiger partial charge in [0.15, 0.2) is 0 Å². The van der Waals surface area contributed by atoms with E-state index in [4.69, 9.17) is 13.9 Å². The molecule has 0 fully saturated rings. The fourth-order valence-corrected chi connectivity index (χ4v) is 1.56. The standard InChI is InChI=1S/C14H13NO4/c1-3-5-18-12-8-10(13-15-4-6-19-13)7-11(9-12)14(16)17-2/h3-4,6-9H,1,5H2,2H3. The van der Waals surface area contributed by atoms with Gasteiger partial charge in [0.2, 0.25) is 5.89 Å². The van der Waals surface area contributed by atoms with E-state index in [1.54, 1.807) is 24.3 Å². The van der Waals surface area contributed by atoms with Crippen molar-refractivity contribution in [1.82, 2.24) is 4.98 Å². The molecule has 0 bridgehead atoms. The van der Waals surface area contributed by atoms with E-state index in [0.717, 1.165) is 0 Å². The summed E-state index contributed by atoms with van der Waals surface area (Å²) in [6.07, 6.45) is 4.62. The molecule has 0 radical (unpaired) electrons. The predicted molar refractivity (Wildman–Crippen MR) is 69.0 cm³/mol. The first-order valence-corrected chi connectivity index (χ1v) is 5.61. The molecule has 2 aromatic rings. The highest BCUT2D eigenvalue weighted by Crippen LogP contribution is 2.25. The number of esters is 1. The number of methoxy groups -OCH3 is 1. The lowest BCUT2D eigenvalue weighted by atomic mass is 10.1. The Morgan fingerprint density at radius 3 is 2.95 bits per heavy atom. The number of nitrogens with zero attached hydrogens (tertiary/aromatic N) is 1. The fraction of sp³-hybridized carbons (Fsp3) is 0.143. The van der Waals surface area contributed by atoms with Gasteiger partial charge in [-0.1, -0.05) is 12.7 Å². The molecule has 0 aliphatic carbocycles. The largest absolute Gasteiger partial charge is 0.490 e. The summed E-state index contributed by atoms with van der Waals surface area (Å²) >= 11 is 0. The van der Waals surface area contributed by atoms with Crippen molar-refractivity contribution >= 4 is 5.97 Å². The molecule has 5 nitrogen and oxygen atoms in total. The van der Waals surface area contributed by atoms with E-state index in [-0.39, 0.29) is 0 Å². The van der Waals surface area contributed by atoms with Crippen LogP contribution in [0.3, 0.4) is 0 Å². The average Bonchev–Trinajstić information content (AvgIpc) is 2.98. The monoisotopic (exact) mass is 259 g/mol. The Hall–Kier alpha value is -2.56. The molecule has 19 heavy (non-hydrogen) atoms. The summed E-state index contributed by atoms with van der Waals surface area (Å²) in [7, 11) is 1.32. The lowest BCUT2D eigenvalue weighted by Crippen LogP contribution is -2.03. The van der Waals surface area contributed by atoms with Crippen molar-refractivity contribution in [2.75, 3.05) is 13.7 Å². The molecule has 98 valence electrons. The number of benzene rings is 1. The fourth-order valence-electron chi connectivity index (χ4n) is 1.56. The Labute approximate surface area is 110 Å². The average molecular weight is 259 g/mol. The van der Waals surface area contributed by atoms with Gasteiger partial charge in [-0.3, -0.25) is 0 Å². The van der Waals surface area contributed by atoms with Crippen LogP contribution >= 0.6 is 0 Å². The molecule has 0 saturated carbocycles. The number of carbonyl (C=O) groups is 1. The second-order valence-electron chi connectivity index (χ2n) is 3.67. The number of ether oxygens (including phenoxy) is 2. The third-order valence-corrected chi connectivity index (χ3v) is 2.37. The summed E-state index contributed by atoms with van der Waals surface area (Å²) in [6.45, 7) is 3.92. The molecule has 1 heterocycles. The van der Waals surface area contributed by atoms with Crippen molar-refractivity contribution in [3.8, 4) is 17.2 Å². The van der Waals surface area contributed by atoms with Crippen LogP contribution in [0.2, 0.25) is 0 Å². The smallest absolute Gasteiger partial charge is 0.338 e. The van der Waals surface area contributed by atoms with E-state index < -0.39 is 5.97 Å². The number of rotatable bonds is 5. The van der Waals surface area contributed by atoms with Gasteiger partial charge in [0.25, 0.3) is 0 Å². The lowest BCUT2D eigenvalue weighted by molar-refractivity contribution is 0.0600. The highest BCUT2D eigenvalue weighted by Gasteiger charge is 2.12. The Kier molecular flexibility index (Phi) is 3.97. The molecule has 1 aromatic carbocycles. The molecule has 0 aliphatic heterocycles. The van der Waals surface area contributed by atoms with E-state index >= 15 is 0 Å². The van der Waals surface area contributed by atoms with Gasteiger partial charge in [-0.25, -0.2) is 9.78 Å². The summed E-state index contributed by atoms with van der Waals surface area (Å²) in [4.78, 5) is 15.7. The second kappa shape index (κ2) is 5.86. The summed E-state index contributed by atoms with van der Waals surface area (Å²) in [5.74, 6) is 0.488. The van der Waals surface area contributed by atoms with Gasteiger partial charge in [0, 0.05) is 5.56 Å². The molecule has 0 amide bonds. The SMILES string of the molecule is C=CCOc1cc(C(=O)OC)cc(-c2ncco2)c1. The second-order valence-corrected chi connectivity index (χ2v) is 3.67. The van der Waals surface area contributed by atoms with Crippen LogP contribution in [0.5, 0.6) is 5.75 Å². The number of oxazole rings is 1. The number of hydrogen-bond acceptors (Lipinski definition) is 5. The molecule has 2 rings (SSSR count). The van der Waals surface area contributed by atoms with Crippen molar-refractivity contribution in [2.45, 2.75) is 0 Å². The maximum absolute atomic E-state index is 11.6. The van der Waals surface area contributed by atoms with E-state index in [1.807, 2.05) is 0 Å². The number of carbonyl (C=O) groups excluding carboxylic acids is 1. The van der Waals surface area contributed by atoms with E-state index in [0.29, 0.717) is 29.4 Å². The molecule has 0 atom stereocenters. The van der Waals surface area contributed by atoms with E-state index in [9.17, 15) is 4.79 Å². The summed E-state index contributed by atoms with van der Waals surface area (Å²) in [6, 6.07) is 4.97. The van der Waals surface area contributed by atoms with Crippen molar-refractivity contribution < 1.29 is 18.7 Å².